The summed E-state index contributed by atoms with van der Waals surface area (Å²) in [5, 5.41) is 3.87. The maximum atomic E-state index is 14.0. The summed E-state index contributed by atoms with van der Waals surface area (Å²) in [6, 6.07) is 7.45. The molecule has 1 saturated heterocycles. The van der Waals surface area contributed by atoms with E-state index in [1.54, 1.807) is 18.5 Å². The number of nitrogens with zero attached hydrogens (tertiary/aromatic N) is 7. The Morgan fingerprint density at radius 1 is 1.14 bits per heavy atom. The fourth-order valence-corrected chi connectivity index (χ4v) is 5.31. The quantitative estimate of drug-likeness (QED) is 0.362. The second kappa shape index (κ2) is 11.3. The van der Waals surface area contributed by atoms with Crippen molar-refractivity contribution >= 4 is 34.1 Å². The Labute approximate surface area is 243 Å². The molecule has 5 rings (SSSR count). The molecule has 4 heterocycles. The number of hydrogen-bond acceptors (Lipinski definition) is 8. The van der Waals surface area contributed by atoms with Crippen LogP contribution in [0.1, 0.15) is 52.1 Å². The number of para-hydroxylation sites is 1. The standard InChI is InChI=1S/C30H36N8O4/c1-7-8-16-37-24-25(34-27(37)36-15-11-12-20(17-36)32-28(40)42-30(3,4)5)35(6)29(41)38(26(24)39)18-23-31-19(2)21-13-9-10-14-22(21)33-23/h9-10,13-14,20H,11-12,15-18H2,1-6H3,(H,32,40)/t20-/m0/s1. The van der Waals surface area contributed by atoms with E-state index >= 15 is 0 Å². The number of carbonyl (C=O) groups excluding carboxylic acids is 1. The lowest BCUT2D eigenvalue weighted by Gasteiger charge is -2.34. The van der Waals surface area contributed by atoms with E-state index < -0.39 is 22.9 Å². The average molecular weight is 573 g/mol. The molecule has 1 N–H and O–H groups in total. The van der Waals surface area contributed by atoms with Gasteiger partial charge in [-0.05, 0) is 53.5 Å². The maximum Gasteiger partial charge on any atom is 0.407 e. The van der Waals surface area contributed by atoms with Gasteiger partial charge in [-0.15, -0.1) is 5.92 Å². The molecule has 3 aromatic heterocycles. The number of ether oxygens (including phenoxy) is 1. The highest BCUT2D eigenvalue weighted by molar-refractivity contribution is 5.80. The molecule has 12 nitrogen and oxygen atoms in total. The van der Waals surface area contributed by atoms with Gasteiger partial charge in [0.2, 0.25) is 5.95 Å². The lowest BCUT2D eigenvalue weighted by molar-refractivity contribution is 0.0499. The summed E-state index contributed by atoms with van der Waals surface area (Å²) in [5.74, 6) is 6.83. The first kappa shape index (κ1) is 28.9. The number of rotatable bonds is 5. The van der Waals surface area contributed by atoms with Crippen molar-refractivity contribution in [1.82, 2.24) is 34.0 Å². The molecule has 4 aromatic rings. The molecule has 0 unspecified atom stereocenters. The van der Waals surface area contributed by atoms with Gasteiger partial charge in [-0.1, -0.05) is 24.1 Å². The monoisotopic (exact) mass is 572 g/mol. The highest BCUT2D eigenvalue weighted by Gasteiger charge is 2.29. The molecule has 0 radical (unpaired) electrons. The molecular weight excluding hydrogens is 536 g/mol. The second-order valence-electron chi connectivity index (χ2n) is 11.5. The lowest BCUT2D eigenvalue weighted by Crippen LogP contribution is -2.49. The van der Waals surface area contributed by atoms with Crippen molar-refractivity contribution in [3.05, 3.63) is 56.6 Å². The molecule has 1 fully saturated rings. The lowest BCUT2D eigenvalue weighted by atomic mass is 10.1. The van der Waals surface area contributed by atoms with Gasteiger partial charge in [0.1, 0.15) is 11.4 Å². The molecule has 1 aromatic carbocycles. The zero-order chi connectivity index (χ0) is 30.2. The number of nitrogens with one attached hydrogen (secondary N) is 1. The normalized spacial score (nSPS) is 15.5. The van der Waals surface area contributed by atoms with Gasteiger partial charge >= 0.3 is 11.8 Å². The van der Waals surface area contributed by atoms with E-state index in [1.165, 1.54) is 4.57 Å². The van der Waals surface area contributed by atoms with Crippen molar-refractivity contribution in [2.75, 3.05) is 18.0 Å². The molecular formula is C30H36N8O4. The third-order valence-corrected chi connectivity index (χ3v) is 7.19. The van der Waals surface area contributed by atoms with Gasteiger partial charge in [0.15, 0.2) is 11.2 Å². The summed E-state index contributed by atoms with van der Waals surface area (Å²) in [6.45, 7) is 10.3. The van der Waals surface area contributed by atoms with Crippen LogP contribution < -0.4 is 21.5 Å². The predicted octanol–water partition coefficient (Wildman–Crippen LogP) is 2.71. The summed E-state index contributed by atoms with van der Waals surface area (Å²) in [5.41, 5.74) is 0.457. The van der Waals surface area contributed by atoms with Crippen LogP contribution in [0.2, 0.25) is 0 Å². The zero-order valence-electron chi connectivity index (χ0n) is 24.9. The van der Waals surface area contributed by atoms with E-state index in [4.69, 9.17) is 9.72 Å². The van der Waals surface area contributed by atoms with Crippen LogP contribution in [-0.4, -0.2) is 59.5 Å². The number of amides is 1. The van der Waals surface area contributed by atoms with E-state index in [0.29, 0.717) is 24.9 Å². The first-order valence-corrected chi connectivity index (χ1v) is 14.0. The summed E-state index contributed by atoms with van der Waals surface area (Å²) in [4.78, 5) is 55.9. The number of alkyl carbamates (subject to hydrolysis) is 1. The largest absolute Gasteiger partial charge is 0.444 e. The Morgan fingerprint density at radius 3 is 2.64 bits per heavy atom. The summed E-state index contributed by atoms with van der Waals surface area (Å²) >= 11 is 0. The van der Waals surface area contributed by atoms with E-state index in [1.807, 2.05) is 56.9 Å². The van der Waals surface area contributed by atoms with E-state index in [9.17, 15) is 14.4 Å². The van der Waals surface area contributed by atoms with Crippen LogP contribution in [0, 0.1) is 18.8 Å². The SMILES string of the molecule is CC#CCn1c(N2CCC[C@H](NC(=O)OC(C)(C)C)C2)nc2c1c(=O)n(Cc1nc(C)c3ccccc3n1)c(=O)n2C. The summed E-state index contributed by atoms with van der Waals surface area (Å²) in [6.07, 6.45) is 1.10. The fraction of sp³-hybridized carbons (Fsp3) is 0.467. The number of aryl methyl sites for hydroxylation is 2. The van der Waals surface area contributed by atoms with Crippen LogP contribution in [0.4, 0.5) is 10.7 Å². The molecule has 1 atom stereocenters. The van der Waals surface area contributed by atoms with Gasteiger partial charge in [0.05, 0.1) is 18.6 Å². The van der Waals surface area contributed by atoms with Gasteiger partial charge in [0.25, 0.3) is 5.56 Å². The van der Waals surface area contributed by atoms with Gasteiger partial charge in [-0.25, -0.2) is 19.6 Å². The van der Waals surface area contributed by atoms with Crippen LogP contribution in [0.5, 0.6) is 0 Å². The minimum atomic E-state index is -0.605. The number of carbonyl (C=O) groups is 1. The molecule has 1 aliphatic heterocycles. The molecule has 1 amide bonds. The van der Waals surface area contributed by atoms with Gasteiger partial charge in [-0.2, -0.15) is 4.98 Å². The number of aromatic nitrogens is 6. The number of benzene rings is 1. The van der Waals surface area contributed by atoms with E-state index in [2.05, 4.69) is 27.1 Å². The molecule has 42 heavy (non-hydrogen) atoms. The van der Waals surface area contributed by atoms with Crippen LogP contribution in [0.3, 0.4) is 0 Å². The van der Waals surface area contributed by atoms with Crippen molar-refractivity contribution in [1.29, 1.82) is 0 Å². The van der Waals surface area contributed by atoms with Crippen molar-refractivity contribution in [2.45, 2.75) is 72.2 Å². The van der Waals surface area contributed by atoms with Crippen molar-refractivity contribution < 1.29 is 9.53 Å². The van der Waals surface area contributed by atoms with Crippen LogP contribution >= 0.6 is 0 Å². The molecule has 0 bridgehead atoms. The topological polar surface area (TPSA) is 129 Å². The van der Waals surface area contributed by atoms with Crippen LogP contribution in [0.25, 0.3) is 22.1 Å². The van der Waals surface area contributed by atoms with Crippen molar-refractivity contribution in [2.24, 2.45) is 7.05 Å². The Hall–Kier alpha value is -4.66. The number of piperidine rings is 1. The summed E-state index contributed by atoms with van der Waals surface area (Å²) < 4.78 is 9.73. The fourth-order valence-electron chi connectivity index (χ4n) is 5.31. The van der Waals surface area contributed by atoms with Crippen LogP contribution in [-0.2, 0) is 24.9 Å². The second-order valence-corrected chi connectivity index (χ2v) is 11.5. The first-order valence-electron chi connectivity index (χ1n) is 14.0. The smallest absolute Gasteiger partial charge is 0.407 e. The van der Waals surface area contributed by atoms with Gasteiger partial charge < -0.3 is 15.0 Å². The molecule has 1 aliphatic rings. The van der Waals surface area contributed by atoms with Crippen LogP contribution in [0.15, 0.2) is 33.9 Å². The minimum absolute atomic E-state index is 0.0846. The number of anilines is 1. The third-order valence-electron chi connectivity index (χ3n) is 7.19. The minimum Gasteiger partial charge on any atom is -0.444 e. The average Bonchev–Trinajstić information content (AvgIpc) is 3.32. The zero-order valence-corrected chi connectivity index (χ0v) is 24.9. The van der Waals surface area contributed by atoms with Gasteiger partial charge in [-0.3, -0.25) is 18.5 Å². The molecule has 0 spiro atoms. The first-order chi connectivity index (χ1) is 20.0. The Morgan fingerprint density at radius 2 is 1.90 bits per heavy atom. The summed E-state index contributed by atoms with van der Waals surface area (Å²) in [7, 11) is 1.60. The molecule has 0 aliphatic carbocycles. The van der Waals surface area contributed by atoms with Crippen molar-refractivity contribution in [3.63, 3.8) is 0 Å². The van der Waals surface area contributed by atoms with E-state index in [0.717, 1.165) is 34.0 Å². The third kappa shape index (κ3) is 5.72. The Bertz CT molecular complexity index is 1850. The Kier molecular flexibility index (Phi) is 7.77. The number of hydrogen-bond donors (Lipinski definition) is 1. The molecule has 0 saturated carbocycles. The Balaban J connectivity index is 1.55. The predicted molar refractivity (Wildman–Crippen MR) is 161 cm³/mol. The number of fused-ring (bicyclic) bond motifs is 2. The molecule has 12 heteroatoms. The maximum absolute atomic E-state index is 14.0. The highest BCUT2D eigenvalue weighted by atomic mass is 16.6. The number of imidazole rings is 1. The van der Waals surface area contributed by atoms with Crippen molar-refractivity contribution in [3.8, 4) is 11.8 Å². The molecule has 220 valence electrons. The van der Waals surface area contributed by atoms with E-state index in [-0.39, 0.29) is 30.3 Å². The highest BCUT2D eigenvalue weighted by Crippen LogP contribution is 2.24. The van der Waals surface area contributed by atoms with Gasteiger partial charge in [0, 0.05) is 37.3 Å².